The van der Waals surface area contributed by atoms with Crippen LogP contribution in [0.15, 0.2) is 18.2 Å². The normalized spacial score (nSPS) is 11.9. The van der Waals surface area contributed by atoms with Crippen molar-refractivity contribution < 1.29 is 14.3 Å². The fourth-order valence-corrected chi connectivity index (χ4v) is 1.46. The summed E-state index contributed by atoms with van der Waals surface area (Å²) < 4.78 is 4.59. The summed E-state index contributed by atoms with van der Waals surface area (Å²) in [6, 6.07) is 5.16. The monoisotopic (exact) mass is 221 g/mol. The van der Waals surface area contributed by atoms with Gasteiger partial charge < -0.3 is 4.74 Å². The molecular weight excluding hydrogens is 206 g/mol. The van der Waals surface area contributed by atoms with Crippen LogP contribution in [0.4, 0.5) is 0 Å². The Balaban J connectivity index is 2.95. The number of carbonyl (C=O) groups is 2. The molecule has 1 atom stereocenters. The van der Waals surface area contributed by atoms with Crippen LogP contribution in [0.5, 0.6) is 0 Å². The molecule has 0 bridgehead atoms. The molecule has 0 aliphatic heterocycles. The van der Waals surface area contributed by atoms with Crippen LogP contribution >= 0.6 is 0 Å². The molecule has 1 heterocycles. The molecule has 16 heavy (non-hydrogen) atoms. The summed E-state index contributed by atoms with van der Waals surface area (Å²) in [6.45, 7) is 3.57. The van der Waals surface area contributed by atoms with Gasteiger partial charge in [0.1, 0.15) is 11.6 Å². The first kappa shape index (κ1) is 12.4. The van der Waals surface area contributed by atoms with E-state index < -0.39 is 11.9 Å². The second-order valence-corrected chi connectivity index (χ2v) is 3.51. The SMILES string of the molecule is CCC(C(=O)OC)C(=O)c1cccc(C)n1. The van der Waals surface area contributed by atoms with Crippen molar-refractivity contribution in [2.75, 3.05) is 7.11 Å². The van der Waals surface area contributed by atoms with Crippen molar-refractivity contribution in [1.29, 1.82) is 0 Å². The number of esters is 1. The van der Waals surface area contributed by atoms with E-state index in [1.807, 2.05) is 0 Å². The van der Waals surface area contributed by atoms with Gasteiger partial charge in [0, 0.05) is 5.69 Å². The van der Waals surface area contributed by atoms with E-state index in [-0.39, 0.29) is 5.78 Å². The van der Waals surface area contributed by atoms with E-state index in [4.69, 9.17) is 0 Å². The van der Waals surface area contributed by atoms with Gasteiger partial charge in [-0.3, -0.25) is 9.59 Å². The molecule has 1 unspecified atom stereocenters. The molecule has 4 heteroatoms. The predicted octanol–water partition coefficient (Wildman–Crippen LogP) is 1.77. The summed E-state index contributed by atoms with van der Waals surface area (Å²) in [4.78, 5) is 27.4. The molecule has 0 radical (unpaired) electrons. The fourth-order valence-electron chi connectivity index (χ4n) is 1.46. The highest BCUT2D eigenvalue weighted by Crippen LogP contribution is 2.12. The average molecular weight is 221 g/mol. The quantitative estimate of drug-likeness (QED) is 0.441. The number of aryl methyl sites for hydroxylation is 1. The van der Waals surface area contributed by atoms with Gasteiger partial charge in [0.15, 0.2) is 5.78 Å². The Kier molecular flexibility index (Phi) is 4.17. The summed E-state index contributed by atoms with van der Waals surface area (Å²) in [7, 11) is 1.28. The number of Topliss-reactive ketones (excluding diaryl/α,β-unsaturated/α-hetero) is 1. The molecule has 0 aromatic carbocycles. The molecule has 86 valence electrons. The highest BCUT2D eigenvalue weighted by molar-refractivity contribution is 6.07. The maximum absolute atomic E-state index is 12.0. The van der Waals surface area contributed by atoms with Gasteiger partial charge in [-0.1, -0.05) is 13.0 Å². The van der Waals surface area contributed by atoms with E-state index in [1.54, 1.807) is 32.0 Å². The molecular formula is C12H15NO3. The molecule has 0 amide bonds. The summed E-state index contributed by atoms with van der Waals surface area (Å²) in [5, 5.41) is 0. The molecule has 0 aliphatic carbocycles. The van der Waals surface area contributed by atoms with Crippen LogP contribution in [0, 0.1) is 12.8 Å². The smallest absolute Gasteiger partial charge is 0.316 e. The highest BCUT2D eigenvalue weighted by Gasteiger charge is 2.27. The van der Waals surface area contributed by atoms with Crippen molar-refractivity contribution in [1.82, 2.24) is 4.98 Å². The van der Waals surface area contributed by atoms with Crippen LogP contribution in [-0.2, 0) is 9.53 Å². The third-order valence-corrected chi connectivity index (χ3v) is 2.35. The molecule has 0 saturated heterocycles. The van der Waals surface area contributed by atoms with E-state index >= 15 is 0 Å². The molecule has 0 saturated carbocycles. The predicted molar refractivity (Wildman–Crippen MR) is 59.1 cm³/mol. The number of nitrogens with zero attached hydrogens (tertiary/aromatic N) is 1. The minimum absolute atomic E-state index is 0.280. The van der Waals surface area contributed by atoms with Gasteiger partial charge in [0.25, 0.3) is 0 Å². The van der Waals surface area contributed by atoms with Crippen molar-refractivity contribution >= 4 is 11.8 Å². The van der Waals surface area contributed by atoms with Crippen LogP contribution in [0.2, 0.25) is 0 Å². The van der Waals surface area contributed by atoms with Gasteiger partial charge in [-0.2, -0.15) is 0 Å². The van der Waals surface area contributed by atoms with Crippen LogP contribution < -0.4 is 0 Å². The lowest BCUT2D eigenvalue weighted by Crippen LogP contribution is -2.25. The first-order valence-electron chi connectivity index (χ1n) is 5.15. The zero-order valence-corrected chi connectivity index (χ0v) is 9.69. The number of ether oxygens (including phenoxy) is 1. The second kappa shape index (κ2) is 5.39. The van der Waals surface area contributed by atoms with E-state index in [9.17, 15) is 9.59 Å². The molecule has 0 fully saturated rings. The minimum Gasteiger partial charge on any atom is -0.468 e. The first-order chi connectivity index (χ1) is 7.60. The molecule has 1 rings (SSSR count). The van der Waals surface area contributed by atoms with Crippen LogP contribution in [-0.4, -0.2) is 23.8 Å². The Labute approximate surface area is 94.6 Å². The Morgan fingerprint density at radius 1 is 1.44 bits per heavy atom. The van der Waals surface area contributed by atoms with E-state index in [1.165, 1.54) is 7.11 Å². The van der Waals surface area contributed by atoms with Crippen molar-refractivity contribution in [3.63, 3.8) is 0 Å². The van der Waals surface area contributed by atoms with Crippen molar-refractivity contribution in [2.45, 2.75) is 20.3 Å². The molecule has 4 nitrogen and oxygen atoms in total. The molecule has 0 spiro atoms. The first-order valence-corrected chi connectivity index (χ1v) is 5.15. The van der Waals surface area contributed by atoms with Crippen LogP contribution in [0.1, 0.15) is 29.5 Å². The van der Waals surface area contributed by atoms with E-state index in [0.717, 1.165) is 5.69 Å². The summed E-state index contributed by atoms with van der Waals surface area (Å²) in [6.07, 6.45) is 0.418. The highest BCUT2D eigenvalue weighted by atomic mass is 16.5. The Hall–Kier alpha value is -1.71. The van der Waals surface area contributed by atoms with Gasteiger partial charge in [-0.25, -0.2) is 4.98 Å². The van der Waals surface area contributed by atoms with Gasteiger partial charge in [0.05, 0.1) is 7.11 Å². The van der Waals surface area contributed by atoms with Crippen LogP contribution in [0.3, 0.4) is 0 Å². The third kappa shape index (κ3) is 2.66. The van der Waals surface area contributed by atoms with E-state index in [0.29, 0.717) is 12.1 Å². The molecule has 1 aromatic heterocycles. The molecule has 0 N–H and O–H groups in total. The number of rotatable bonds is 4. The minimum atomic E-state index is -0.751. The zero-order chi connectivity index (χ0) is 12.1. The largest absolute Gasteiger partial charge is 0.468 e. The molecule has 1 aromatic rings. The topological polar surface area (TPSA) is 56.3 Å². The maximum Gasteiger partial charge on any atom is 0.316 e. The number of aromatic nitrogens is 1. The fraction of sp³-hybridized carbons (Fsp3) is 0.417. The maximum atomic E-state index is 12.0. The van der Waals surface area contributed by atoms with Crippen molar-refractivity contribution in [2.24, 2.45) is 5.92 Å². The van der Waals surface area contributed by atoms with Crippen LogP contribution in [0.25, 0.3) is 0 Å². The number of carbonyl (C=O) groups excluding carboxylic acids is 2. The Bertz CT molecular complexity index is 401. The van der Waals surface area contributed by atoms with Crippen molar-refractivity contribution in [3.05, 3.63) is 29.6 Å². The summed E-state index contributed by atoms with van der Waals surface area (Å²) in [5.41, 5.74) is 1.07. The zero-order valence-electron chi connectivity index (χ0n) is 9.69. The lowest BCUT2D eigenvalue weighted by Gasteiger charge is -2.10. The van der Waals surface area contributed by atoms with Gasteiger partial charge in [-0.05, 0) is 25.5 Å². The van der Waals surface area contributed by atoms with Gasteiger partial charge in [-0.15, -0.1) is 0 Å². The third-order valence-electron chi connectivity index (χ3n) is 2.35. The van der Waals surface area contributed by atoms with Gasteiger partial charge >= 0.3 is 5.97 Å². The Morgan fingerprint density at radius 3 is 2.62 bits per heavy atom. The lowest BCUT2D eigenvalue weighted by atomic mass is 9.98. The van der Waals surface area contributed by atoms with Gasteiger partial charge in [0.2, 0.25) is 0 Å². The van der Waals surface area contributed by atoms with Crippen molar-refractivity contribution in [3.8, 4) is 0 Å². The lowest BCUT2D eigenvalue weighted by molar-refractivity contribution is -0.143. The second-order valence-electron chi connectivity index (χ2n) is 3.51. The standard InChI is InChI=1S/C12H15NO3/c1-4-9(12(15)16-3)11(14)10-7-5-6-8(2)13-10/h5-7,9H,4H2,1-3H3. The summed E-state index contributed by atoms with van der Waals surface area (Å²) >= 11 is 0. The number of ketones is 1. The van der Waals surface area contributed by atoms with E-state index in [2.05, 4.69) is 9.72 Å². The number of pyridine rings is 1. The molecule has 0 aliphatic rings. The average Bonchev–Trinajstić information content (AvgIpc) is 2.29. The number of hydrogen-bond acceptors (Lipinski definition) is 4. The number of hydrogen-bond donors (Lipinski definition) is 0. The number of methoxy groups -OCH3 is 1. The summed E-state index contributed by atoms with van der Waals surface area (Å²) in [5.74, 6) is -1.53. The Morgan fingerprint density at radius 2 is 2.12 bits per heavy atom.